The largest absolute Gasteiger partial charge is 0.496 e. The fraction of sp³-hybridized carbons (Fsp3) is 0.462. The molecular formula is C13H20N2O2. The number of carbonyl (C=O) groups is 1. The van der Waals surface area contributed by atoms with E-state index < -0.39 is 0 Å². The molecule has 0 radical (unpaired) electrons. The molecule has 1 rings (SSSR count). The van der Waals surface area contributed by atoms with Gasteiger partial charge in [-0.1, -0.05) is 13.8 Å². The van der Waals surface area contributed by atoms with Gasteiger partial charge < -0.3 is 4.74 Å². The average molecular weight is 236 g/mol. The van der Waals surface area contributed by atoms with Crippen molar-refractivity contribution in [3.63, 3.8) is 0 Å². The molecule has 17 heavy (non-hydrogen) atoms. The number of hydrazine groups is 1. The maximum absolute atomic E-state index is 11.8. The first-order valence-electron chi connectivity index (χ1n) is 5.66. The van der Waals surface area contributed by atoms with Crippen molar-refractivity contribution in [3.05, 3.63) is 28.8 Å². The van der Waals surface area contributed by atoms with E-state index in [0.717, 1.165) is 16.9 Å². The van der Waals surface area contributed by atoms with Crippen LogP contribution in [0.2, 0.25) is 0 Å². The van der Waals surface area contributed by atoms with Gasteiger partial charge >= 0.3 is 0 Å². The Morgan fingerprint density at radius 1 is 1.35 bits per heavy atom. The molecule has 94 valence electrons. The molecule has 0 atom stereocenters. The summed E-state index contributed by atoms with van der Waals surface area (Å²) in [6, 6.07) is 3.80. The highest BCUT2D eigenvalue weighted by atomic mass is 16.5. The van der Waals surface area contributed by atoms with Gasteiger partial charge in [-0.05, 0) is 36.1 Å². The van der Waals surface area contributed by atoms with Gasteiger partial charge in [0, 0.05) is 12.6 Å². The fourth-order valence-corrected chi connectivity index (χ4v) is 1.75. The highest BCUT2D eigenvalue weighted by molar-refractivity contribution is 5.95. The molecule has 0 saturated heterocycles. The molecule has 0 bridgehead atoms. The second-order valence-corrected chi connectivity index (χ2v) is 4.27. The van der Waals surface area contributed by atoms with Crippen molar-refractivity contribution in [3.8, 4) is 5.75 Å². The molecule has 0 aliphatic carbocycles. The van der Waals surface area contributed by atoms with Crippen molar-refractivity contribution >= 4 is 5.91 Å². The zero-order valence-corrected chi connectivity index (χ0v) is 11.0. The molecule has 1 amide bonds. The van der Waals surface area contributed by atoms with E-state index in [1.807, 2.05) is 19.1 Å². The van der Waals surface area contributed by atoms with Crippen molar-refractivity contribution in [2.75, 3.05) is 14.2 Å². The van der Waals surface area contributed by atoms with Gasteiger partial charge in [-0.3, -0.25) is 10.2 Å². The normalized spacial score (nSPS) is 10.5. The molecule has 0 aliphatic heterocycles. The molecule has 0 aromatic heterocycles. The number of carbonyl (C=O) groups excluding carboxylic acids is 1. The number of nitrogens with one attached hydrogen (secondary N) is 2. The number of rotatable bonds is 4. The summed E-state index contributed by atoms with van der Waals surface area (Å²) < 4.78 is 5.33. The lowest BCUT2D eigenvalue weighted by Gasteiger charge is -2.15. The quantitative estimate of drug-likeness (QED) is 0.786. The Morgan fingerprint density at radius 2 is 2.00 bits per heavy atom. The summed E-state index contributed by atoms with van der Waals surface area (Å²) in [5, 5.41) is 0. The highest BCUT2D eigenvalue weighted by Crippen LogP contribution is 2.29. The molecule has 1 aromatic carbocycles. The van der Waals surface area contributed by atoms with E-state index >= 15 is 0 Å². The van der Waals surface area contributed by atoms with Crippen LogP contribution in [0.5, 0.6) is 5.75 Å². The lowest BCUT2D eigenvalue weighted by molar-refractivity contribution is 0.0937. The Balaban J connectivity index is 3.24. The topological polar surface area (TPSA) is 50.4 Å². The number of methoxy groups -OCH3 is 1. The third-order valence-electron chi connectivity index (χ3n) is 2.68. The maximum Gasteiger partial charge on any atom is 0.265 e. The molecule has 0 heterocycles. The third kappa shape index (κ3) is 2.97. The first-order chi connectivity index (χ1) is 8.01. The Kier molecular flexibility index (Phi) is 4.52. The second-order valence-electron chi connectivity index (χ2n) is 4.27. The van der Waals surface area contributed by atoms with Crippen LogP contribution in [0, 0.1) is 6.92 Å². The number of aryl methyl sites for hydroxylation is 1. The van der Waals surface area contributed by atoms with Gasteiger partial charge in [0.1, 0.15) is 5.75 Å². The van der Waals surface area contributed by atoms with Gasteiger partial charge in [0.05, 0.1) is 7.11 Å². The molecule has 0 fully saturated rings. The maximum atomic E-state index is 11.8. The van der Waals surface area contributed by atoms with Crippen LogP contribution in [0.3, 0.4) is 0 Å². The Hall–Kier alpha value is -1.55. The Bertz CT molecular complexity index is 414. The molecule has 0 saturated carbocycles. The van der Waals surface area contributed by atoms with Gasteiger partial charge in [-0.15, -0.1) is 0 Å². The minimum atomic E-state index is -0.130. The number of hydrogen-bond donors (Lipinski definition) is 2. The minimum Gasteiger partial charge on any atom is -0.496 e. The predicted molar refractivity (Wildman–Crippen MR) is 68.3 cm³/mol. The first-order valence-corrected chi connectivity index (χ1v) is 5.66. The monoisotopic (exact) mass is 236 g/mol. The summed E-state index contributed by atoms with van der Waals surface area (Å²) in [4.78, 5) is 11.8. The van der Waals surface area contributed by atoms with Crippen LogP contribution in [0.4, 0.5) is 0 Å². The van der Waals surface area contributed by atoms with Crippen LogP contribution in [0.1, 0.15) is 41.3 Å². The van der Waals surface area contributed by atoms with E-state index in [9.17, 15) is 4.79 Å². The lowest BCUT2D eigenvalue weighted by atomic mass is 9.96. The molecule has 2 N–H and O–H groups in total. The smallest absolute Gasteiger partial charge is 0.265 e. The van der Waals surface area contributed by atoms with E-state index in [0.29, 0.717) is 11.5 Å². The Morgan fingerprint density at radius 3 is 2.47 bits per heavy atom. The summed E-state index contributed by atoms with van der Waals surface area (Å²) in [7, 11) is 3.31. The van der Waals surface area contributed by atoms with E-state index in [1.54, 1.807) is 14.2 Å². The summed E-state index contributed by atoms with van der Waals surface area (Å²) in [5.74, 6) is 1.01. The summed E-state index contributed by atoms with van der Waals surface area (Å²) in [5.41, 5.74) is 7.83. The van der Waals surface area contributed by atoms with Gasteiger partial charge in [0.2, 0.25) is 0 Å². The fourth-order valence-electron chi connectivity index (χ4n) is 1.75. The van der Waals surface area contributed by atoms with Gasteiger partial charge in [-0.25, -0.2) is 5.43 Å². The van der Waals surface area contributed by atoms with Gasteiger partial charge in [0.25, 0.3) is 5.91 Å². The average Bonchev–Trinajstić information content (AvgIpc) is 2.28. The van der Waals surface area contributed by atoms with E-state index in [4.69, 9.17) is 4.74 Å². The standard InChI is InChI=1S/C13H20N2O2/c1-8(2)10-7-11(13(16)15-14-4)9(3)6-12(10)17-5/h6-8,14H,1-5H3,(H,15,16). The van der Waals surface area contributed by atoms with Crippen LogP contribution >= 0.6 is 0 Å². The molecule has 0 spiro atoms. The van der Waals surface area contributed by atoms with Crippen molar-refractivity contribution in [1.82, 2.24) is 10.9 Å². The van der Waals surface area contributed by atoms with Crippen LogP contribution in [-0.4, -0.2) is 20.1 Å². The van der Waals surface area contributed by atoms with E-state index in [1.165, 1.54) is 0 Å². The summed E-state index contributed by atoms with van der Waals surface area (Å²) in [6.45, 7) is 6.05. The van der Waals surface area contributed by atoms with E-state index in [2.05, 4.69) is 24.7 Å². The van der Waals surface area contributed by atoms with Crippen molar-refractivity contribution < 1.29 is 9.53 Å². The van der Waals surface area contributed by atoms with Crippen molar-refractivity contribution in [2.24, 2.45) is 0 Å². The number of amides is 1. The van der Waals surface area contributed by atoms with Crippen LogP contribution in [0.15, 0.2) is 12.1 Å². The zero-order valence-electron chi connectivity index (χ0n) is 11.0. The predicted octanol–water partition coefficient (Wildman–Crippen LogP) is 1.99. The highest BCUT2D eigenvalue weighted by Gasteiger charge is 2.15. The molecule has 4 heteroatoms. The number of benzene rings is 1. The number of hydrogen-bond acceptors (Lipinski definition) is 3. The first kappa shape index (κ1) is 13.5. The minimum absolute atomic E-state index is 0.130. The zero-order chi connectivity index (χ0) is 13.0. The molecule has 1 aromatic rings. The van der Waals surface area contributed by atoms with Crippen molar-refractivity contribution in [1.29, 1.82) is 0 Å². The molecule has 0 aliphatic rings. The lowest BCUT2D eigenvalue weighted by Crippen LogP contribution is -2.34. The van der Waals surface area contributed by atoms with Crippen LogP contribution < -0.4 is 15.6 Å². The van der Waals surface area contributed by atoms with Crippen LogP contribution in [0.25, 0.3) is 0 Å². The second kappa shape index (κ2) is 5.68. The molecule has 4 nitrogen and oxygen atoms in total. The SMILES string of the molecule is CNNC(=O)c1cc(C(C)C)c(OC)cc1C. The van der Waals surface area contributed by atoms with E-state index in [-0.39, 0.29) is 5.91 Å². The summed E-state index contributed by atoms with van der Waals surface area (Å²) >= 11 is 0. The third-order valence-corrected chi connectivity index (χ3v) is 2.68. The molecule has 0 unspecified atom stereocenters. The summed E-state index contributed by atoms with van der Waals surface area (Å²) in [6.07, 6.45) is 0. The Labute approximate surface area is 102 Å². The van der Waals surface area contributed by atoms with Gasteiger partial charge in [-0.2, -0.15) is 0 Å². The molecular weight excluding hydrogens is 216 g/mol. The van der Waals surface area contributed by atoms with Crippen molar-refractivity contribution in [2.45, 2.75) is 26.7 Å². The number of ether oxygens (including phenoxy) is 1. The van der Waals surface area contributed by atoms with Crippen LogP contribution in [-0.2, 0) is 0 Å². The van der Waals surface area contributed by atoms with Gasteiger partial charge in [0.15, 0.2) is 0 Å².